The minimum absolute atomic E-state index is 0. The molecule has 0 unspecified atom stereocenters. The van der Waals surface area contributed by atoms with Crippen molar-refractivity contribution in [2.45, 2.75) is 6.92 Å². The molecule has 0 bridgehead atoms. The van der Waals surface area contributed by atoms with E-state index in [9.17, 15) is 0 Å². The quantitative estimate of drug-likeness (QED) is 0.380. The number of hydrogen-bond acceptors (Lipinski definition) is 1. The summed E-state index contributed by atoms with van der Waals surface area (Å²) in [4.78, 5) is 0. The summed E-state index contributed by atoms with van der Waals surface area (Å²) in [6, 6.07) is 4.04. The number of rotatable bonds is 0. The molecule has 0 fully saturated rings. The van der Waals surface area contributed by atoms with E-state index in [0.717, 1.165) is 11.1 Å². The van der Waals surface area contributed by atoms with Gasteiger partial charge in [0.1, 0.15) is 18.7 Å². The zero-order valence-corrected chi connectivity index (χ0v) is 8.66. The third-order valence-corrected chi connectivity index (χ3v) is 1.44. The number of hydrogen-bond donors (Lipinski definition) is 0. The van der Waals surface area contributed by atoms with E-state index in [4.69, 9.17) is 5.26 Å². The van der Waals surface area contributed by atoms with Crippen molar-refractivity contribution in [1.82, 2.24) is 0 Å². The summed E-state index contributed by atoms with van der Waals surface area (Å²) >= 11 is 0. The topological polar surface area (TPSA) is 27.7 Å². The molecule has 0 spiro atoms. The first kappa shape index (κ1) is 10.4. The molecule has 1 heterocycles. The average Bonchev–Trinajstić information content (AvgIpc) is 1.94. The van der Waals surface area contributed by atoms with Gasteiger partial charge in [-0.3, -0.25) is 0 Å². The van der Waals surface area contributed by atoms with Crippen LogP contribution in [0.3, 0.4) is 0 Å². The molecule has 0 amide bonds. The highest BCUT2D eigenvalue weighted by Crippen LogP contribution is 1.99. The Morgan fingerprint density at radius 2 is 2.18 bits per heavy atom. The molecule has 0 aromatic carbocycles. The van der Waals surface area contributed by atoms with Crippen LogP contribution >= 0.6 is 0 Å². The second-order valence-corrected chi connectivity index (χ2v) is 2.32. The summed E-state index contributed by atoms with van der Waals surface area (Å²) in [7, 11) is 1.90. The Balaban J connectivity index is 0.000001000. The molecule has 0 radical (unpaired) electrons. The van der Waals surface area contributed by atoms with E-state index in [1.165, 1.54) is 0 Å². The minimum atomic E-state index is 0. The second kappa shape index (κ2) is 4.29. The van der Waals surface area contributed by atoms with Gasteiger partial charge in [0.15, 0.2) is 12.4 Å². The standard InChI is InChI=1S/C8H9N2.HI/c1-7-3-4-10(2)6-8(7)5-9;/h3-4,6H,1-2H3;1H/q+1;/p-1. The molecule has 0 aliphatic heterocycles. The predicted octanol–water partition coefficient (Wildman–Crippen LogP) is -2.30. The molecule has 0 atom stereocenters. The maximum atomic E-state index is 8.58. The van der Waals surface area contributed by atoms with Crippen LogP contribution in [0.1, 0.15) is 11.1 Å². The van der Waals surface area contributed by atoms with Crippen molar-refractivity contribution in [2.75, 3.05) is 0 Å². The van der Waals surface area contributed by atoms with Gasteiger partial charge < -0.3 is 24.0 Å². The summed E-state index contributed by atoms with van der Waals surface area (Å²) in [6.45, 7) is 1.93. The van der Waals surface area contributed by atoms with Gasteiger partial charge in [0.2, 0.25) is 0 Å². The Morgan fingerprint density at radius 3 is 2.64 bits per heavy atom. The maximum Gasteiger partial charge on any atom is 0.186 e. The number of aryl methyl sites for hydroxylation is 2. The summed E-state index contributed by atoms with van der Waals surface area (Å²) in [5.41, 5.74) is 1.77. The first-order chi connectivity index (χ1) is 4.74. The largest absolute Gasteiger partial charge is 1.00 e. The Morgan fingerprint density at radius 1 is 1.55 bits per heavy atom. The lowest BCUT2D eigenvalue weighted by atomic mass is 10.2. The number of nitriles is 1. The van der Waals surface area contributed by atoms with Crippen LogP contribution in [-0.2, 0) is 7.05 Å². The third kappa shape index (κ3) is 2.46. The molecule has 0 aliphatic rings. The maximum absolute atomic E-state index is 8.58. The molecule has 1 aromatic rings. The Kier molecular flexibility index (Phi) is 4.04. The van der Waals surface area contributed by atoms with E-state index in [0.29, 0.717) is 0 Å². The van der Waals surface area contributed by atoms with Crippen molar-refractivity contribution < 1.29 is 28.5 Å². The molecule has 0 saturated heterocycles. The minimum Gasteiger partial charge on any atom is -1.00 e. The SMILES string of the molecule is Cc1cc[n+](C)cc1C#N.[I-]. The van der Waals surface area contributed by atoms with Crippen LogP contribution in [0.4, 0.5) is 0 Å². The van der Waals surface area contributed by atoms with Gasteiger partial charge in [-0.15, -0.1) is 0 Å². The Hall–Kier alpha value is -0.630. The number of aromatic nitrogens is 1. The molecule has 11 heavy (non-hydrogen) atoms. The average molecular weight is 260 g/mol. The molecular weight excluding hydrogens is 251 g/mol. The lowest BCUT2D eigenvalue weighted by Gasteiger charge is -1.91. The molecule has 1 rings (SSSR count). The van der Waals surface area contributed by atoms with Crippen LogP contribution < -0.4 is 28.5 Å². The molecule has 2 nitrogen and oxygen atoms in total. The van der Waals surface area contributed by atoms with Crippen LogP contribution in [0, 0.1) is 18.3 Å². The lowest BCUT2D eigenvalue weighted by Crippen LogP contribution is -3.00. The zero-order valence-electron chi connectivity index (χ0n) is 6.50. The predicted molar refractivity (Wildman–Crippen MR) is 37.1 cm³/mol. The van der Waals surface area contributed by atoms with Crippen molar-refractivity contribution >= 4 is 0 Å². The fourth-order valence-electron chi connectivity index (χ4n) is 0.785. The molecular formula is C8H9IN2. The lowest BCUT2D eigenvalue weighted by molar-refractivity contribution is -0.671. The van der Waals surface area contributed by atoms with E-state index in [-0.39, 0.29) is 24.0 Å². The van der Waals surface area contributed by atoms with Crippen molar-refractivity contribution in [1.29, 1.82) is 5.26 Å². The van der Waals surface area contributed by atoms with Crippen molar-refractivity contribution in [2.24, 2.45) is 7.05 Å². The van der Waals surface area contributed by atoms with E-state index < -0.39 is 0 Å². The first-order valence-electron chi connectivity index (χ1n) is 3.10. The smallest absolute Gasteiger partial charge is 0.186 e. The summed E-state index contributed by atoms with van der Waals surface area (Å²) in [5.74, 6) is 0. The van der Waals surface area contributed by atoms with E-state index in [1.54, 1.807) is 0 Å². The van der Waals surface area contributed by atoms with E-state index in [1.807, 2.05) is 37.0 Å². The van der Waals surface area contributed by atoms with Crippen molar-refractivity contribution in [3.05, 3.63) is 29.6 Å². The molecule has 3 heteroatoms. The number of halogens is 1. The van der Waals surface area contributed by atoms with Gasteiger partial charge in [-0.2, -0.15) is 5.26 Å². The van der Waals surface area contributed by atoms with Crippen molar-refractivity contribution in [3.8, 4) is 6.07 Å². The Bertz CT molecular complexity index is 289. The van der Waals surface area contributed by atoms with Gasteiger partial charge in [-0.1, -0.05) is 0 Å². The van der Waals surface area contributed by atoms with Crippen LogP contribution in [-0.4, -0.2) is 0 Å². The van der Waals surface area contributed by atoms with Gasteiger partial charge >= 0.3 is 0 Å². The highest BCUT2D eigenvalue weighted by molar-refractivity contribution is 5.31. The van der Waals surface area contributed by atoms with E-state index >= 15 is 0 Å². The third-order valence-electron chi connectivity index (χ3n) is 1.44. The van der Waals surface area contributed by atoms with Gasteiger partial charge in [-0.25, -0.2) is 4.57 Å². The van der Waals surface area contributed by atoms with Crippen LogP contribution in [0.5, 0.6) is 0 Å². The van der Waals surface area contributed by atoms with E-state index in [2.05, 4.69) is 6.07 Å². The monoisotopic (exact) mass is 260 g/mol. The second-order valence-electron chi connectivity index (χ2n) is 2.32. The summed E-state index contributed by atoms with van der Waals surface area (Å²) in [6.07, 6.45) is 3.74. The van der Waals surface area contributed by atoms with Gasteiger partial charge in [0, 0.05) is 6.07 Å². The molecule has 1 aromatic heterocycles. The fourth-order valence-corrected chi connectivity index (χ4v) is 0.785. The number of nitrogens with zero attached hydrogens (tertiary/aromatic N) is 2. The Labute approximate surface area is 83.5 Å². The van der Waals surface area contributed by atoms with Crippen LogP contribution in [0.2, 0.25) is 0 Å². The highest BCUT2D eigenvalue weighted by Gasteiger charge is 1.99. The summed E-state index contributed by atoms with van der Waals surface area (Å²) in [5, 5.41) is 8.58. The molecule has 0 N–H and O–H groups in total. The van der Waals surface area contributed by atoms with Crippen molar-refractivity contribution in [3.63, 3.8) is 0 Å². The normalized spacial score (nSPS) is 8.09. The molecule has 0 aliphatic carbocycles. The fraction of sp³-hybridized carbons (Fsp3) is 0.250. The van der Waals surface area contributed by atoms with Gasteiger partial charge in [0.05, 0.1) is 0 Å². The molecule has 0 saturated carbocycles. The van der Waals surface area contributed by atoms with Gasteiger partial charge in [-0.05, 0) is 12.5 Å². The van der Waals surface area contributed by atoms with Crippen LogP contribution in [0.15, 0.2) is 18.5 Å². The summed E-state index contributed by atoms with van der Waals surface area (Å²) < 4.78 is 1.87. The number of pyridine rings is 1. The van der Waals surface area contributed by atoms with Crippen LogP contribution in [0.25, 0.3) is 0 Å². The van der Waals surface area contributed by atoms with Gasteiger partial charge in [0.25, 0.3) is 0 Å². The highest BCUT2D eigenvalue weighted by atomic mass is 127. The zero-order chi connectivity index (χ0) is 7.56. The molecule has 58 valence electrons. The first-order valence-corrected chi connectivity index (χ1v) is 3.10.